The van der Waals surface area contributed by atoms with Crippen LogP contribution in [-0.2, 0) is 16.1 Å². The molecule has 0 amide bonds. The average molecular weight is 381 g/mol. The standard InChI is InChI=1S/C21H19NO4S/c1-24-18-9-6-15(7-10-18)8-11-20(23)26-13-17-14-27-21(22-17)16-4-3-5-19(12-16)25-2/h3-12,14H,13H2,1-2H3/b11-8+. The van der Waals surface area contributed by atoms with Crippen molar-refractivity contribution in [2.45, 2.75) is 6.61 Å². The van der Waals surface area contributed by atoms with E-state index in [1.54, 1.807) is 20.3 Å². The number of aromatic nitrogens is 1. The molecule has 0 bridgehead atoms. The summed E-state index contributed by atoms with van der Waals surface area (Å²) in [7, 11) is 3.24. The second kappa shape index (κ2) is 9.00. The SMILES string of the molecule is COc1ccc(/C=C/C(=O)OCc2csc(-c3cccc(OC)c3)n2)cc1. The Labute approximate surface area is 161 Å². The van der Waals surface area contributed by atoms with Gasteiger partial charge in [0.2, 0.25) is 0 Å². The van der Waals surface area contributed by atoms with Gasteiger partial charge >= 0.3 is 5.97 Å². The fraction of sp³-hybridized carbons (Fsp3) is 0.143. The second-order valence-electron chi connectivity index (χ2n) is 5.59. The summed E-state index contributed by atoms with van der Waals surface area (Å²) in [6, 6.07) is 15.1. The van der Waals surface area contributed by atoms with Crippen molar-refractivity contribution in [3.63, 3.8) is 0 Å². The third kappa shape index (κ3) is 5.18. The molecular formula is C21H19NO4S. The summed E-state index contributed by atoms with van der Waals surface area (Å²) in [5.74, 6) is 1.13. The molecule has 0 unspecified atom stereocenters. The van der Waals surface area contributed by atoms with E-state index in [1.165, 1.54) is 17.4 Å². The van der Waals surface area contributed by atoms with Crippen LogP contribution in [0.5, 0.6) is 11.5 Å². The number of ether oxygens (including phenoxy) is 3. The number of esters is 1. The minimum absolute atomic E-state index is 0.131. The summed E-state index contributed by atoms with van der Waals surface area (Å²) in [6.07, 6.45) is 3.10. The highest BCUT2D eigenvalue weighted by atomic mass is 32.1. The molecular weight excluding hydrogens is 362 g/mol. The Morgan fingerprint density at radius 1 is 1.07 bits per heavy atom. The van der Waals surface area contributed by atoms with Gasteiger partial charge in [0.15, 0.2) is 0 Å². The Morgan fingerprint density at radius 2 is 1.85 bits per heavy atom. The molecule has 1 aromatic heterocycles. The lowest BCUT2D eigenvalue weighted by Crippen LogP contribution is -2.00. The van der Waals surface area contributed by atoms with Gasteiger partial charge in [0, 0.05) is 17.0 Å². The van der Waals surface area contributed by atoms with Gasteiger partial charge in [0.25, 0.3) is 0 Å². The molecule has 0 aliphatic rings. The van der Waals surface area contributed by atoms with Crippen LogP contribution < -0.4 is 9.47 Å². The van der Waals surface area contributed by atoms with E-state index < -0.39 is 5.97 Å². The maximum Gasteiger partial charge on any atom is 0.331 e. The molecule has 138 valence electrons. The van der Waals surface area contributed by atoms with Crippen LogP contribution in [0.3, 0.4) is 0 Å². The number of methoxy groups -OCH3 is 2. The van der Waals surface area contributed by atoms with Gasteiger partial charge < -0.3 is 14.2 Å². The average Bonchev–Trinajstić information content (AvgIpc) is 3.20. The van der Waals surface area contributed by atoms with Crippen molar-refractivity contribution >= 4 is 23.4 Å². The summed E-state index contributed by atoms with van der Waals surface area (Å²) in [6.45, 7) is 0.131. The minimum atomic E-state index is -0.415. The van der Waals surface area contributed by atoms with E-state index in [-0.39, 0.29) is 6.61 Å². The molecule has 1 heterocycles. The smallest absolute Gasteiger partial charge is 0.331 e. The summed E-state index contributed by atoms with van der Waals surface area (Å²) in [5, 5.41) is 2.74. The van der Waals surface area contributed by atoms with E-state index in [0.717, 1.165) is 27.6 Å². The van der Waals surface area contributed by atoms with Gasteiger partial charge in [-0.3, -0.25) is 0 Å². The molecule has 0 aliphatic heterocycles. The van der Waals surface area contributed by atoms with Crippen molar-refractivity contribution in [2.24, 2.45) is 0 Å². The van der Waals surface area contributed by atoms with Gasteiger partial charge in [-0.25, -0.2) is 9.78 Å². The van der Waals surface area contributed by atoms with E-state index in [9.17, 15) is 4.79 Å². The number of nitrogens with zero attached hydrogens (tertiary/aromatic N) is 1. The monoisotopic (exact) mass is 381 g/mol. The van der Waals surface area contributed by atoms with Gasteiger partial charge in [-0.05, 0) is 35.9 Å². The molecule has 0 N–H and O–H groups in total. The number of benzene rings is 2. The van der Waals surface area contributed by atoms with Gasteiger partial charge in [0.1, 0.15) is 23.1 Å². The van der Waals surface area contributed by atoms with Crippen LogP contribution >= 0.6 is 11.3 Å². The highest BCUT2D eigenvalue weighted by molar-refractivity contribution is 7.13. The molecule has 0 spiro atoms. The fourth-order valence-corrected chi connectivity index (χ4v) is 3.14. The van der Waals surface area contributed by atoms with Crippen LogP contribution in [0.2, 0.25) is 0 Å². The summed E-state index contributed by atoms with van der Waals surface area (Å²) in [4.78, 5) is 16.4. The lowest BCUT2D eigenvalue weighted by molar-refractivity contribution is -0.139. The molecule has 0 aliphatic carbocycles. The van der Waals surface area contributed by atoms with Gasteiger partial charge in [-0.1, -0.05) is 24.3 Å². The quantitative estimate of drug-likeness (QED) is 0.443. The molecule has 3 aromatic rings. The van der Waals surface area contributed by atoms with Crippen molar-refractivity contribution < 1.29 is 19.0 Å². The first kappa shape index (κ1) is 18.7. The van der Waals surface area contributed by atoms with Crippen molar-refractivity contribution in [3.05, 3.63) is 71.2 Å². The molecule has 2 aromatic carbocycles. The zero-order valence-electron chi connectivity index (χ0n) is 15.0. The number of hydrogen-bond donors (Lipinski definition) is 0. The minimum Gasteiger partial charge on any atom is -0.497 e. The normalized spacial score (nSPS) is 10.7. The molecule has 0 fully saturated rings. The largest absolute Gasteiger partial charge is 0.497 e. The summed E-state index contributed by atoms with van der Waals surface area (Å²) in [5.41, 5.74) is 2.57. The summed E-state index contributed by atoms with van der Waals surface area (Å²) < 4.78 is 15.6. The molecule has 27 heavy (non-hydrogen) atoms. The first-order valence-corrected chi connectivity index (χ1v) is 9.13. The van der Waals surface area contributed by atoms with Crippen LogP contribution in [0.4, 0.5) is 0 Å². The van der Waals surface area contributed by atoms with Crippen molar-refractivity contribution in [1.29, 1.82) is 0 Å². The number of carbonyl (C=O) groups excluding carboxylic acids is 1. The highest BCUT2D eigenvalue weighted by Gasteiger charge is 2.07. The number of hydrogen-bond acceptors (Lipinski definition) is 6. The Hall–Kier alpha value is -3.12. The maximum atomic E-state index is 11.9. The van der Waals surface area contributed by atoms with Crippen molar-refractivity contribution in [2.75, 3.05) is 14.2 Å². The number of rotatable bonds is 7. The second-order valence-corrected chi connectivity index (χ2v) is 6.45. The van der Waals surface area contributed by atoms with E-state index >= 15 is 0 Å². The predicted octanol–water partition coefficient (Wildman–Crippen LogP) is 4.58. The van der Waals surface area contributed by atoms with Crippen molar-refractivity contribution in [3.8, 4) is 22.1 Å². The van der Waals surface area contributed by atoms with Gasteiger partial charge in [-0.2, -0.15) is 0 Å². The third-order valence-corrected chi connectivity index (χ3v) is 4.70. The molecule has 5 nitrogen and oxygen atoms in total. The zero-order chi connectivity index (χ0) is 19.1. The molecule has 0 radical (unpaired) electrons. The van der Waals surface area contributed by atoms with E-state index in [1.807, 2.05) is 53.9 Å². The Kier molecular flexibility index (Phi) is 6.22. The third-order valence-electron chi connectivity index (χ3n) is 3.76. The van der Waals surface area contributed by atoms with Gasteiger partial charge in [-0.15, -0.1) is 11.3 Å². The van der Waals surface area contributed by atoms with Crippen molar-refractivity contribution in [1.82, 2.24) is 4.98 Å². The highest BCUT2D eigenvalue weighted by Crippen LogP contribution is 2.27. The summed E-state index contributed by atoms with van der Waals surface area (Å²) >= 11 is 1.50. The molecule has 0 saturated heterocycles. The fourth-order valence-electron chi connectivity index (χ4n) is 2.33. The Morgan fingerprint density at radius 3 is 2.59 bits per heavy atom. The van der Waals surface area contributed by atoms with E-state index in [4.69, 9.17) is 14.2 Å². The first-order chi connectivity index (χ1) is 13.2. The zero-order valence-corrected chi connectivity index (χ0v) is 15.9. The van der Waals surface area contributed by atoms with Crippen LogP contribution in [0, 0.1) is 0 Å². The molecule has 0 atom stereocenters. The Bertz CT molecular complexity index is 931. The van der Waals surface area contributed by atoms with Crippen LogP contribution in [-0.4, -0.2) is 25.2 Å². The Balaban J connectivity index is 1.55. The maximum absolute atomic E-state index is 11.9. The lowest BCUT2D eigenvalue weighted by Gasteiger charge is -2.01. The topological polar surface area (TPSA) is 57.7 Å². The van der Waals surface area contributed by atoms with Crippen LogP contribution in [0.25, 0.3) is 16.6 Å². The van der Waals surface area contributed by atoms with E-state index in [0.29, 0.717) is 5.69 Å². The predicted molar refractivity (Wildman–Crippen MR) is 106 cm³/mol. The molecule has 3 rings (SSSR count). The number of thiazole rings is 1. The first-order valence-electron chi connectivity index (χ1n) is 8.25. The molecule has 0 saturated carbocycles. The van der Waals surface area contributed by atoms with Crippen LogP contribution in [0.15, 0.2) is 60.0 Å². The van der Waals surface area contributed by atoms with Crippen LogP contribution in [0.1, 0.15) is 11.3 Å². The molecule has 6 heteroatoms. The van der Waals surface area contributed by atoms with Gasteiger partial charge in [0.05, 0.1) is 19.9 Å². The lowest BCUT2D eigenvalue weighted by atomic mass is 10.2. The number of carbonyl (C=O) groups is 1. The van der Waals surface area contributed by atoms with E-state index in [2.05, 4.69) is 4.98 Å².